The van der Waals surface area contributed by atoms with Crippen molar-refractivity contribution in [1.82, 2.24) is 4.90 Å². The van der Waals surface area contributed by atoms with Crippen LogP contribution in [0.4, 0.5) is 0 Å². The molecule has 1 amide bonds. The number of allylic oxidation sites excluding steroid dienone is 1. The normalized spacial score (nSPS) is 11.1. The van der Waals surface area contributed by atoms with Crippen LogP contribution in [0.2, 0.25) is 0 Å². The number of hydrogen-bond acceptors (Lipinski definition) is 5. The van der Waals surface area contributed by atoms with E-state index in [2.05, 4.69) is 36.4 Å². The molecule has 0 aromatic carbocycles. The predicted octanol–water partition coefficient (Wildman–Crippen LogP) is 10.4. The Kier molecular flexibility index (Phi) is 37.9. The molecule has 0 spiro atoms. The summed E-state index contributed by atoms with van der Waals surface area (Å²) in [5.41, 5.74) is 0. The molecule has 7 nitrogen and oxygen atoms in total. The third-order valence-corrected chi connectivity index (χ3v) is 8.96. The number of hydrogen-bond donors (Lipinski definition) is 1. The monoisotopic (exact) mass is 748 g/mol. The molecule has 0 aromatic heterocycles. The van der Waals surface area contributed by atoms with Crippen LogP contribution in [-0.4, -0.2) is 92.3 Å². The van der Waals surface area contributed by atoms with Crippen LogP contribution in [0.1, 0.15) is 168 Å². The molecule has 0 bridgehead atoms. The van der Waals surface area contributed by atoms with Crippen LogP contribution in [0.5, 0.6) is 0 Å². The molecule has 48 heavy (non-hydrogen) atoms. The van der Waals surface area contributed by atoms with E-state index in [1.54, 1.807) is 4.90 Å². The molecule has 1 N–H and O–H groups in total. The Labute approximate surface area is 306 Å². The molecular weight excluding hydrogens is 668 g/mol. The van der Waals surface area contributed by atoms with Gasteiger partial charge in [-0.05, 0) is 18.7 Å². The van der Waals surface area contributed by atoms with Crippen molar-refractivity contribution in [3.8, 4) is 0 Å². The smallest absolute Gasteiger partial charge is 0.305 e. The molecule has 0 aliphatic rings. The minimum absolute atomic E-state index is 0.0267. The van der Waals surface area contributed by atoms with E-state index in [0.29, 0.717) is 37.1 Å². The number of aliphatic hydroxyl groups excluding tert-OH is 1. The zero-order valence-electron chi connectivity index (χ0n) is 32.5. The fourth-order valence-electron chi connectivity index (χ4n) is 5.81. The summed E-state index contributed by atoms with van der Waals surface area (Å²) < 4.78 is 11.8. The first-order valence-electron chi connectivity index (χ1n) is 19.8. The van der Waals surface area contributed by atoms with Gasteiger partial charge in [-0.2, -0.15) is 0 Å². The number of carbonyl (C=O) groups is 2. The molecule has 0 unspecified atom stereocenters. The Morgan fingerprint density at radius 2 is 1.00 bits per heavy atom. The summed E-state index contributed by atoms with van der Waals surface area (Å²) in [6, 6.07) is 0. The number of alkyl halides is 1. The SMILES string of the molecule is C=C(CCCCCCCCCCCCC)OCCN(CCOC(=O)CCCCCCCCCCCCC)C(=O)C[N+](C)(C)CCO.CBr. The zero-order chi connectivity index (χ0) is 36.1. The highest BCUT2D eigenvalue weighted by Gasteiger charge is 2.24. The molecule has 0 heterocycles. The van der Waals surface area contributed by atoms with E-state index in [-0.39, 0.29) is 31.6 Å². The second-order valence-electron chi connectivity index (χ2n) is 14.1. The van der Waals surface area contributed by atoms with E-state index in [9.17, 15) is 14.7 Å². The van der Waals surface area contributed by atoms with Gasteiger partial charge in [-0.25, -0.2) is 0 Å². The maximum atomic E-state index is 13.2. The lowest BCUT2D eigenvalue weighted by molar-refractivity contribution is -0.883. The number of rotatable bonds is 35. The zero-order valence-corrected chi connectivity index (χ0v) is 34.1. The van der Waals surface area contributed by atoms with Gasteiger partial charge in [0.25, 0.3) is 5.91 Å². The van der Waals surface area contributed by atoms with E-state index in [0.717, 1.165) is 31.4 Å². The number of esters is 1. The summed E-state index contributed by atoms with van der Waals surface area (Å²) in [4.78, 5) is 27.2. The molecular formula is C40H80BrN2O5+. The van der Waals surface area contributed by atoms with Crippen molar-refractivity contribution in [1.29, 1.82) is 0 Å². The average Bonchev–Trinajstić information content (AvgIpc) is 3.06. The molecule has 0 atom stereocenters. The number of carbonyl (C=O) groups excluding carboxylic acids is 2. The molecule has 0 rings (SSSR count). The molecule has 0 saturated carbocycles. The van der Waals surface area contributed by atoms with E-state index < -0.39 is 0 Å². The second-order valence-corrected chi connectivity index (χ2v) is 14.1. The van der Waals surface area contributed by atoms with Gasteiger partial charge in [0, 0.05) is 12.8 Å². The van der Waals surface area contributed by atoms with Crippen molar-refractivity contribution in [2.24, 2.45) is 0 Å². The van der Waals surface area contributed by atoms with Crippen LogP contribution in [0, 0.1) is 0 Å². The molecule has 0 radical (unpaired) electrons. The van der Waals surface area contributed by atoms with Crippen LogP contribution >= 0.6 is 15.9 Å². The molecule has 8 heteroatoms. The summed E-state index contributed by atoms with van der Waals surface area (Å²) in [6.45, 7) is 10.7. The second kappa shape index (κ2) is 37.1. The first-order valence-corrected chi connectivity index (χ1v) is 21.4. The Morgan fingerprint density at radius 3 is 1.42 bits per heavy atom. The fourth-order valence-corrected chi connectivity index (χ4v) is 5.81. The number of nitrogens with zero attached hydrogens (tertiary/aromatic N) is 2. The summed E-state index contributed by atoms with van der Waals surface area (Å²) in [5.74, 6) is 2.38. The van der Waals surface area contributed by atoms with Crippen molar-refractivity contribution in [2.75, 3.05) is 65.9 Å². The Balaban J connectivity index is 0. The average molecular weight is 749 g/mol. The van der Waals surface area contributed by atoms with Crippen molar-refractivity contribution >= 4 is 27.8 Å². The Morgan fingerprint density at radius 1 is 0.625 bits per heavy atom. The maximum absolute atomic E-state index is 13.2. The standard InChI is InChI=1S/C39H77N2O5.CH3Br/c1-6-8-10-12-14-16-18-20-22-24-26-28-37(3)45-34-30-40(38(43)36-41(4,5)32-33-42)31-35-46-39(44)29-27-25-23-21-19-17-15-13-11-9-7-2;1-2/h42H,3,6-36H2,1-2,4-5H3;1H3/q+1;. The highest BCUT2D eigenvalue weighted by Crippen LogP contribution is 2.15. The van der Waals surface area contributed by atoms with E-state index in [1.165, 1.54) is 122 Å². The first-order chi connectivity index (χ1) is 23.3. The number of amides is 1. The van der Waals surface area contributed by atoms with Gasteiger partial charge in [0.05, 0.1) is 39.6 Å². The highest BCUT2D eigenvalue weighted by atomic mass is 79.9. The first kappa shape index (κ1) is 49.0. The van der Waals surface area contributed by atoms with E-state index in [4.69, 9.17) is 9.47 Å². The Hall–Kier alpha value is -1.12. The van der Waals surface area contributed by atoms with Gasteiger partial charge >= 0.3 is 5.97 Å². The largest absolute Gasteiger partial charge is 0.497 e. The molecule has 0 aliphatic carbocycles. The molecule has 0 aliphatic heterocycles. The molecule has 0 fully saturated rings. The van der Waals surface area contributed by atoms with Crippen molar-refractivity contribution in [3.05, 3.63) is 12.3 Å². The number of likely N-dealkylation sites (N-methyl/N-ethyl adjacent to an activating group) is 1. The van der Waals surface area contributed by atoms with Crippen LogP contribution in [0.25, 0.3) is 0 Å². The van der Waals surface area contributed by atoms with Gasteiger partial charge in [0.2, 0.25) is 0 Å². The van der Waals surface area contributed by atoms with Crippen LogP contribution in [-0.2, 0) is 19.1 Å². The lowest BCUT2D eigenvalue weighted by atomic mass is 10.1. The number of ether oxygens (including phenoxy) is 2. The van der Waals surface area contributed by atoms with Gasteiger partial charge < -0.3 is 24.0 Å². The Bertz CT molecular complexity index is 690. The number of aliphatic hydroxyl groups is 1. The topological polar surface area (TPSA) is 76.1 Å². The number of halogens is 1. The van der Waals surface area contributed by atoms with E-state index in [1.807, 2.05) is 19.9 Å². The van der Waals surface area contributed by atoms with Gasteiger partial charge in [-0.1, -0.05) is 165 Å². The third kappa shape index (κ3) is 34.7. The van der Waals surface area contributed by atoms with Crippen LogP contribution < -0.4 is 0 Å². The van der Waals surface area contributed by atoms with Gasteiger partial charge in [-0.15, -0.1) is 0 Å². The molecule has 286 valence electrons. The minimum atomic E-state index is -0.184. The van der Waals surface area contributed by atoms with Crippen molar-refractivity contribution in [2.45, 2.75) is 168 Å². The van der Waals surface area contributed by atoms with Crippen LogP contribution in [0.15, 0.2) is 12.3 Å². The summed E-state index contributed by atoms with van der Waals surface area (Å²) >= 11 is 2.94. The number of unbranched alkanes of at least 4 members (excludes halogenated alkanes) is 20. The van der Waals surface area contributed by atoms with Crippen LogP contribution in [0.3, 0.4) is 0 Å². The summed E-state index contributed by atoms with van der Waals surface area (Å²) in [5, 5.41) is 9.39. The third-order valence-electron chi connectivity index (χ3n) is 8.96. The molecule has 0 saturated heterocycles. The van der Waals surface area contributed by atoms with Gasteiger partial charge in [-0.3, -0.25) is 9.59 Å². The molecule has 0 aromatic rings. The quantitative estimate of drug-likeness (QED) is 0.0230. The van der Waals surface area contributed by atoms with Gasteiger partial charge in [0.1, 0.15) is 19.8 Å². The fraction of sp³-hybridized carbons (Fsp3) is 0.900. The number of quaternary nitrogens is 1. The highest BCUT2D eigenvalue weighted by molar-refractivity contribution is 9.08. The lowest BCUT2D eigenvalue weighted by Crippen LogP contribution is -2.51. The van der Waals surface area contributed by atoms with Gasteiger partial charge in [0.15, 0.2) is 6.54 Å². The van der Waals surface area contributed by atoms with E-state index >= 15 is 0 Å². The minimum Gasteiger partial charge on any atom is -0.497 e. The van der Waals surface area contributed by atoms with Crippen molar-refractivity contribution < 1.29 is 28.7 Å². The maximum Gasteiger partial charge on any atom is 0.305 e. The summed E-state index contributed by atoms with van der Waals surface area (Å²) in [6.07, 6.45) is 29.4. The predicted molar refractivity (Wildman–Crippen MR) is 209 cm³/mol. The lowest BCUT2D eigenvalue weighted by Gasteiger charge is -2.31. The summed E-state index contributed by atoms with van der Waals surface area (Å²) in [7, 11) is 3.87. The van der Waals surface area contributed by atoms with Crippen molar-refractivity contribution in [3.63, 3.8) is 0 Å².